The number of aliphatic imine (C=N–C) groups is 1. The lowest BCUT2D eigenvalue weighted by molar-refractivity contribution is -0.129. The van der Waals surface area contributed by atoms with Gasteiger partial charge in [0.15, 0.2) is 0 Å². The summed E-state index contributed by atoms with van der Waals surface area (Å²) in [7, 11) is 0. The van der Waals surface area contributed by atoms with Crippen LogP contribution in [0.2, 0.25) is 0 Å². The van der Waals surface area contributed by atoms with Crippen LogP contribution >= 0.6 is 0 Å². The number of aliphatic hydroxyl groups is 1. The van der Waals surface area contributed by atoms with Gasteiger partial charge in [-0.25, -0.2) is 0 Å². The van der Waals surface area contributed by atoms with Crippen molar-refractivity contribution in [3.05, 3.63) is 0 Å². The molecule has 10 heavy (non-hydrogen) atoms. The van der Waals surface area contributed by atoms with E-state index >= 15 is 0 Å². The Morgan fingerprint density at radius 3 is 3.00 bits per heavy atom. The highest BCUT2D eigenvalue weighted by Gasteiger charge is 2.18. The molecule has 1 aliphatic rings. The highest BCUT2D eigenvalue weighted by Crippen LogP contribution is 2.00. The number of hydrogen-bond acceptors (Lipinski definition) is 3. The molecule has 0 unspecified atom stereocenters. The maximum absolute atomic E-state index is 10.8. The highest BCUT2D eigenvalue weighted by atomic mass is 16.3. The third-order valence-corrected chi connectivity index (χ3v) is 1.49. The van der Waals surface area contributed by atoms with Crippen molar-refractivity contribution in [2.75, 3.05) is 19.7 Å². The largest absolute Gasteiger partial charge is 0.387 e. The van der Waals surface area contributed by atoms with Crippen molar-refractivity contribution in [3.8, 4) is 0 Å². The Morgan fingerprint density at radius 1 is 1.90 bits per heavy atom. The van der Waals surface area contributed by atoms with Crippen LogP contribution in [0.25, 0.3) is 0 Å². The van der Waals surface area contributed by atoms with Crippen molar-refractivity contribution in [1.82, 2.24) is 4.90 Å². The maximum atomic E-state index is 10.8. The average Bonchev–Trinajstić information content (AvgIpc) is 2.34. The molecule has 0 aromatic rings. The van der Waals surface area contributed by atoms with Crippen molar-refractivity contribution in [1.29, 1.82) is 0 Å². The number of aliphatic hydroxyl groups excluding tert-OH is 1. The second-order valence-corrected chi connectivity index (χ2v) is 2.13. The molecule has 1 aliphatic heterocycles. The Kier molecular flexibility index (Phi) is 2.01. The van der Waals surface area contributed by atoms with Gasteiger partial charge in [0.25, 0.3) is 5.91 Å². The van der Waals surface area contributed by atoms with Gasteiger partial charge in [-0.15, -0.1) is 0 Å². The number of amides is 1. The first-order valence-corrected chi connectivity index (χ1v) is 3.18. The van der Waals surface area contributed by atoms with Crippen LogP contribution in [-0.4, -0.2) is 41.4 Å². The molecule has 0 spiro atoms. The summed E-state index contributed by atoms with van der Waals surface area (Å²) in [6, 6.07) is 0. The molecule has 1 N–H and O–H groups in total. The Hall–Kier alpha value is -0.900. The first kappa shape index (κ1) is 7.21. The molecule has 0 saturated heterocycles. The zero-order valence-corrected chi connectivity index (χ0v) is 5.87. The predicted octanol–water partition coefficient (Wildman–Crippen LogP) is -0.761. The Labute approximate surface area is 59.2 Å². The van der Waals surface area contributed by atoms with Crippen LogP contribution in [0.3, 0.4) is 0 Å². The van der Waals surface area contributed by atoms with Gasteiger partial charge in [-0.1, -0.05) is 0 Å². The quantitative estimate of drug-likeness (QED) is 0.523. The zero-order chi connectivity index (χ0) is 7.56. The summed E-state index contributed by atoms with van der Waals surface area (Å²) in [6.45, 7) is 2.62. The second kappa shape index (κ2) is 2.79. The molecule has 0 aromatic heterocycles. The number of rotatable bonds is 1. The van der Waals surface area contributed by atoms with Crippen LogP contribution in [0.1, 0.15) is 6.92 Å². The summed E-state index contributed by atoms with van der Waals surface area (Å²) in [5.74, 6) is 0.442. The van der Waals surface area contributed by atoms with Gasteiger partial charge in [0.05, 0.1) is 6.54 Å². The number of amidine groups is 1. The van der Waals surface area contributed by atoms with E-state index in [2.05, 4.69) is 4.99 Å². The molecule has 4 nitrogen and oxygen atoms in total. The van der Waals surface area contributed by atoms with Gasteiger partial charge >= 0.3 is 0 Å². The topological polar surface area (TPSA) is 52.9 Å². The highest BCUT2D eigenvalue weighted by molar-refractivity contribution is 5.98. The molecular formula is C6H10N2O2. The molecular weight excluding hydrogens is 132 g/mol. The number of hydrogen-bond donors (Lipinski definition) is 1. The fourth-order valence-electron chi connectivity index (χ4n) is 0.949. The fourth-order valence-corrected chi connectivity index (χ4v) is 0.949. The summed E-state index contributed by atoms with van der Waals surface area (Å²) in [4.78, 5) is 16.3. The molecule has 1 rings (SSSR count). The average molecular weight is 142 g/mol. The van der Waals surface area contributed by atoms with E-state index in [9.17, 15) is 4.79 Å². The summed E-state index contributed by atoms with van der Waals surface area (Å²) in [5.41, 5.74) is 0. The van der Waals surface area contributed by atoms with Crippen molar-refractivity contribution >= 4 is 11.7 Å². The maximum Gasteiger partial charge on any atom is 0.253 e. The summed E-state index contributed by atoms with van der Waals surface area (Å²) in [6.07, 6.45) is 0. The molecule has 0 bridgehead atoms. The van der Waals surface area contributed by atoms with Gasteiger partial charge < -0.3 is 5.11 Å². The van der Waals surface area contributed by atoms with Gasteiger partial charge in [-0.2, -0.15) is 0 Å². The van der Waals surface area contributed by atoms with E-state index < -0.39 is 6.61 Å². The lowest BCUT2D eigenvalue weighted by Crippen LogP contribution is -2.34. The minimum atomic E-state index is -0.424. The first-order chi connectivity index (χ1) is 4.75. The molecule has 0 aliphatic carbocycles. The molecule has 0 atom stereocenters. The fraction of sp³-hybridized carbons (Fsp3) is 0.667. The van der Waals surface area contributed by atoms with E-state index in [0.29, 0.717) is 18.9 Å². The monoisotopic (exact) mass is 142 g/mol. The van der Waals surface area contributed by atoms with Crippen LogP contribution in [0.15, 0.2) is 4.99 Å². The SMILES string of the molecule is CC1=NCCN1C(=O)CO. The molecule has 0 saturated carbocycles. The summed E-state index contributed by atoms with van der Waals surface area (Å²) in [5, 5.41) is 8.47. The molecule has 1 heterocycles. The molecule has 56 valence electrons. The van der Waals surface area contributed by atoms with E-state index in [4.69, 9.17) is 5.11 Å². The zero-order valence-electron chi connectivity index (χ0n) is 5.87. The lowest BCUT2D eigenvalue weighted by atomic mass is 10.5. The van der Waals surface area contributed by atoms with E-state index in [1.807, 2.05) is 0 Å². The number of carbonyl (C=O) groups excluding carboxylic acids is 1. The van der Waals surface area contributed by atoms with E-state index in [-0.39, 0.29) is 5.91 Å². The van der Waals surface area contributed by atoms with Gasteiger partial charge in [0, 0.05) is 6.54 Å². The van der Waals surface area contributed by atoms with Gasteiger partial charge in [-0.3, -0.25) is 14.7 Å². The minimum Gasteiger partial charge on any atom is -0.387 e. The predicted molar refractivity (Wildman–Crippen MR) is 36.8 cm³/mol. The van der Waals surface area contributed by atoms with Crippen molar-refractivity contribution in [2.45, 2.75) is 6.92 Å². The first-order valence-electron chi connectivity index (χ1n) is 3.18. The summed E-state index contributed by atoms with van der Waals surface area (Å²) < 4.78 is 0. The van der Waals surface area contributed by atoms with Crippen LogP contribution in [-0.2, 0) is 4.79 Å². The third kappa shape index (κ3) is 1.16. The Bertz CT molecular complexity index is 177. The molecule has 0 fully saturated rings. The van der Waals surface area contributed by atoms with Crippen molar-refractivity contribution in [2.24, 2.45) is 4.99 Å². The lowest BCUT2D eigenvalue weighted by Gasteiger charge is -2.13. The third-order valence-electron chi connectivity index (χ3n) is 1.49. The van der Waals surface area contributed by atoms with Gasteiger partial charge in [0.1, 0.15) is 12.4 Å². The van der Waals surface area contributed by atoms with Crippen LogP contribution in [0.4, 0.5) is 0 Å². The van der Waals surface area contributed by atoms with Gasteiger partial charge in [0.2, 0.25) is 0 Å². The van der Waals surface area contributed by atoms with E-state index in [1.54, 1.807) is 6.92 Å². The Balaban J connectivity index is 2.57. The Morgan fingerprint density at radius 2 is 2.60 bits per heavy atom. The smallest absolute Gasteiger partial charge is 0.253 e. The second-order valence-electron chi connectivity index (χ2n) is 2.13. The van der Waals surface area contributed by atoms with Crippen LogP contribution < -0.4 is 0 Å². The van der Waals surface area contributed by atoms with Crippen LogP contribution in [0, 0.1) is 0 Å². The van der Waals surface area contributed by atoms with E-state index in [0.717, 1.165) is 0 Å². The van der Waals surface area contributed by atoms with Crippen molar-refractivity contribution < 1.29 is 9.90 Å². The summed E-state index contributed by atoms with van der Waals surface area (Å²) >= 11 is 0. The minimum absolute atomic E-state index is 0.265. The van der Waals surface area contributed by atoms with E-state index in [1.165, 1.54) is 4.90 Å². The van der Waals surface area contributed by atoms with Crippen LogP contribution in [0.5, 0.6) is 0 Å². The number of carbonyl (C=O) groups is 1. The molecule has 1 amide bonds. The standard InChI is InChI=1S/C6H10N2O2/c1-5-7-2-3-8(5)6(10)4-9/h9H,2-4H2,1H3. The van der Waals surface area contributed by atoms with Gasteiger partial charge in [-0.05, 0) is 6.92 Å². The molecule has 0 aromatic carbocycles. The number of nitrogens with zero attached hydrogens (tertiary/aromatic N) is 2. The molecule has 0 radical (unpaired) electrons. The van der Waals surface area contributed by atoms with Crippen molar-refractivity contribution in [3.63, 3.8) is 0 Å². The molecule has 4 heteroatoms. The normalized spacial score (nSPS) is 17.4.